The predicted molar refractivity (Wildman–Crippen MR) is 113 cm³/mol. The highest BCUT2D eigenvalue weighted by Gasteiger charge is 2.27. The SMILES string of the molecule is CCOc1cc(CNC2CCC(n3cc(C(=O)NC4CC4)nn3)CC2)ccc1OC. The number of methoxy groups -OCH3 is 1. The van der Waals surface area contributed by atoms with Gasteiger partial charge in [-0.15, -0.1) is 5.10 Å². The smallest absolute Gasteiger partial charge is 0.273 e. The Kier molecular flexibility index (Phi) is 6.52. The van der Waals surface area contributed by atoms with Crippen molar-refractivity contribution in [1.29, 1.82) is 0 Å². The van der Waals surface area contributed by atoms with E-state index in [2.05, 4.69) is 27.0 Å². The van der Waals surface area contributed by atoms with Gasteiger partial charge in [0.05, 0.1) is 26.0 Å². The van der Waals surface area contributed by atoms with Gasteiger partial charge in [-0.2, -0.15) is 0 Å². The van der Waals surface area contributed by atoms with Crippen LogP contribution in [0.5, 0.6) is 11.5 Å². The van der Waals surface area contributed by atoms with Crippen LogP contribution >= 0.6 is 0 Å². The second kappa shape index (κ2) is 9.47. The van der Waals surface area contributed by atoms with Crippen LogP contribution < -0.4 is 20.1 Å². The maximum Gasteiger partial charge on any atom is 0.273 e. The van der Waals surface area contributed by atoms with Crippen molar-refractivity contribution < 1.29 is 14.3 Å². The van der Waals surface area contributed by atoms with Gasteiger partial charge in [0.25, 0.3) is 5.91 Å². The molecule has 2 aliphatic carbocycles. The lowest BCUT2D eigenvalue weighted by Gasteiger charge is -2.29. The van der Waals surface area contributed by atoms with Crippen molar-refractivity contribution in [2.75, 3.05) is 13.7 Å². The second-order valence-electron chi connectivity index (χ2n) is 8.14. The molecule has 1 heterocycles. The number of nitrogens with zero attached hydrogens (tertiary/aromatic N) is 3. The summed E-state index contributed by atoms with van der Waals surface area (Å²) in [4.78, 5) is 12.1. The summed E-state index contributed by atoms with van der Waals surface area (Å²) in [6.45, 7) is 3.39. The third kappa shape index (κ3) is 5.11. The van der Waals surface area contributed by atoms with Gasteiger partial charge in [0.1, 0.15) is 0 Å². The molecule has 2 aliphatic rings. The second-order valence-corrected chi connectivity index (χ2v) is 8.14. The maximum absolute atomic E-state index is 12.1. The van der Waals surface area contributed by atoms with E-state index in [1.807, 2.05) is 23.7 Å². The number of carbonyl (C=O) groups excluding carboxylic acids is 1. The Hall–Kier alpha value is -2.61. The summed E-state index contributed by atoms with van der Waals surface area (Å²) in [5, 5.41) is 14.9. The number of hydrogen-bond donors (Lipinski definition) is 2. The summed E-state index contributed by atoms with van der Waals surface area (Å²) < 4.78 is 12.9. The summed E-state index contributed by atoms with van der Waals surface area (Å²) in [7, 11) is 1.66. The highest BCUT2D eigenvalue weighted by atomic mass is 16.5. The zero-order chi connectivity index (χ0) is 20.9. The van der Waals surface area contributed by atoms with Crippen molar-refractivity contribution in [1.82, 2.24) is 25.6 Å². The Morgan fingerprint density at radius 2 is 1.90 bits per heavy atom. The van der Waals surface area contributed by atoms with E-state index >= 15 is 0 Å². The van der Waals surface area contributed by atoms with Crippen LogP contribution in [0.2, 0.25) is 0 Å². The molecule has 2 fully saturated rings. The average Bonchev–Trinajstić information content (AvgIpc) is 3.44. The number of aromatic nitrogens is 3. The first-order chi connectivity index (χ1) is 14.7. The molecule has 2 saturated carbocycles. The van der Waals surface area contributed by atoms with Gasteiger partial charge in [0, 0.05) is 18.6 Å². The van der Waals surface area contributed by atoms with Crippen LogP contribution in [0, 0.1) is 0 Å². The lowest BCUT2D eigenvalue weighted by Crippen LogP contribution is -2.33. The fraction of sp³-hybridized carbons (Fsp3) is 0.591. The lowest BCUT2D eigenvalue weighted by atomic mass is 9.91. The largest absolute Gasteiger partial charge is 0.493 e. The van der Waals surface area contributed by atoms with Crippen molar-refractivity contribution in [2.45, 2.75) is 70.1 Å². The van der Waals surface area contributed by atoms with Crippen molar-refractivity contribution in [3.8, 4) is 11.5 Å². The van der Waals surface area contributed by atoms with Gasteiger partial charge in [-0.1, -0.05) is 11.3 Å². The monoisotopic (exact) mass is 413 g/mol. The number of hydrogen-bond acceptors (Lipinski definition) is 6. The molecule has 162 valence electrons. The number of ether oxygens (including phenoxy) is 2. The van der Waals surface area contributed by atoms with Crippen molar-refractivity contribution in [2.24, 2.45) is 0 Å². The van der Waals surface area contributed by atoms with Gasteiger partial charge in [0.15, 0.2) is 17.2 Å². The Labute approximate surface area is 177 Å². The molecule has 1 aromatic heterocycles. The number of nitrogens with one attached hydrogen (secondary N) is 2. The number of carbonyl (C=O) groups is 1. The minimum Gasteiger partial charge on any atom is -0.493 e. The van der Waals surface area contributed by atoms with Crippen LogP contribution in [0.25, 0.3) is 0 Å². The molecule has 8 heteroatoms. The maximum atomic E-state index is 12.1. The summed E-state index contributed by atoms with van der Waals surface area (Å²) in [5.41, 5.74) is 1.61. The van der Waals surface area contributed by atoms with Gasteiger partial charge in [0.2, 0.25) is 0 Å². The van der Waals surface area contributed by atoms with Crippen LogP contribution in [-0.2, 0) is 6.54 Å². The molecule has 4 rings (SSSR count). The number of amides is 1. The third-order valence-corrected chi connectivity index (χ3v) is 5.85. The fourth-order valence-electron chi connectivity index (χ4n) is 3.95. The van der Waals surface area contributed by atoms with Gasteiger partial charge in [-0.3, -0.25) is 4.79 Å². The first kappa shape index (κ1) is 20.7. The average molecular weight is 414 g/mol. The Morgan fingerprint density at radius 1 is 1.13 bits per heavy atom. The highest BCUT2D eigenvalue weighted by molar-refractivity contribution is 5.92. The zero-order valence-electron chi connectivity index (χ0n) is 17.8. The van der Waals surface area contributed by atoms with E-state index in [1.165, 1.54) is 5.56 Å². The van der Waals surface area contributed by atoms with E-state index in [0.717, 1.165) is 56.6 Å². The molecule has 0 unspecified atom stereocenters. The van der Waals surface area contributed by atoms with E-state index in [1.54, 1.807) is 13.3 Å². The highest BCUT2D eigenvalue weighted by Crippen LogP contribution is 2.30. The Morgan fingerprint density at radius 3 is 2.60 bits per heavy atom. The third-order valence-electron chi connectivity index (χ3n) is 5.85. The zero-order valence-corrected chi connectivity index (χ0v) is 17.8. The Balaban J connectivity index is 1.25. The fourth-order valence-corrected chi connectivity index (χ4v) is 3.95. The van der Waals surface area contributed by atoms with Gasteiger partial charge in [-0.25, -0.2) is 4.68 Å². The van der Waals surface area contributed by atoms with Gasteiger partial charge >= 0.3 is 0 Å². The van der Waals surface area contributed by atoms with E-state index in [-0.39, 0.29) is 5.91 Å². The molecule has 0 radical (unpaired) electrons. The molecule has 0 saturated heterocycles. The molecule has 0 spiro atoms. The van der Waals surface area contributed by atoms with Crippen LogP contribution in [0.3, 0.4) is 0 Å². The minimum absolute atomic E-state index is 0.106. The van der Waals surface area contributed by atoms with Gasteiger partial charge < -0.3 is 20.1 Å². The van der Waals surface area contributed by atoms with Crippen LogP contribution in [0.1, 0.15) is 67.5 Å². The molecule has 0 atom stereocenters. The summed E-state index contributed by atoms with van der Waals surface area (Å²) in [6.07, 6.45) is 8.13. The quantitative estimate of drug-likeness (QED) is 0.657. The van der Waals surface area contributed by atoms with E-state index < -0.39 is 0 Å². The minimum atomic E-state index is -0.106. The molecule has 0 aliphatic heterocycles. The predicted octanol–water partition coefficient (Wildman–Crippen LogP) is 2.85. The van der Waals surface area contributed by atoms with Crippen LogP contribution in [0.15, 0.2) is 24.4 Å². The first-order valence-corrected chi connectivity index (χ1v) is 10.9. The molecule has 30 heavy (non-hydrogen) atoms. The molecule has 1 aromatic carbocycles. The van der Waals surface area contributed by atoms with E-state index in [9.17, 15) is 4.79 Å². The van der Waals surface area contributed by atoms with Crippen molar-refractivity contribution in [3.05, 3.63) is 35.7 Å². The summed E-state index contributed by atoms with van der Waals surface area (Å²) in [5.74, 6) is 1.44. The van der Waals surface area contributed by atoms with Crippen molar-refractivity contribution >= 4 is 5.91 Å². The normalized spacial score (nSPS) is 21.3. The molecular formula is C22H31N5O3. The summed E-state index contributed by atoms with van der Waals surface area (Å²) in [6, 6.07) is 7.19. The Bertz CT molecular complexity index is 856. The molecular weight excluding hydrogens is 382 g/mol. The summed E-state index contributed by atoms with van der Waals surface area (Å²) >= 11 is 0. The molecule has 8 nitrogen and oxygen atoms in total. The number of benzene rings is 1. The number of rotatable bonds is 9. The molecule has 2 N–H and O–H groups in total. The van der Waals surface area contributed by atoms with Gasteiger partial charge in [-0.05, 0) is 63.1 Å². The van der Waals surface area contributed by atoms with E-state index in [4.69, 9.17) is 9.47 Å². The van der Waals surface area contributed by atoms with Crippen molar-refractivity contribution in [3.63, 3.8) is 0 Å². The molecule has 2 aromatic rings. The van der Waals surface area contributed by atoms with Crippen LogP contribution in [-0.4, -0.2) is 46.7 Å². The molecule has 0 bridgehead atoms. The topological polar surface area (TPSA) is 90.3 Å². The standard InChI is InChI=1S/C22H31N5O3/c1-3-30-21-12-15(4-11-20(21)29-2)13-23-16-7-9-18(10-8-16)27-14-19(25-26-27)22(28)24-17-5-6-17/h4,11-12,14,16-18,23H,3,5-10,13H2,1-2H3,(H,24,28). The van der Waals surface area contributed by atoms with E-state index in [0.29, 0.717) is 30.4 Å². The molecule has 1 amide bonds. The lowest BCUT2D eigenvalue weighted by molar-refractivity contribution is 0.0946. The van der Waals surface area contributed by atoms with Crippen LogP contribution in [0.4, 0.5) is 0 Å². The first-order valence-electron chi connectivity index (χ1n) is 10.9.